The summed E-state index contributed by atoms with van der Waals surface area (Å²) < 4.78 is 11.2. The van der Waals surface area contributed by atoms with Crippen LogP contribution in [0.5, 0.6) is 11.5 Å². The molecule has 1 aliphatic carbocycles. The molecule has 0 aromatic heterocycles. The topological polar surface area (TPSA) is 72.1 Å². The van der Waals surface area contributed by atoms with Gasteiger partial charge in [0.2, 0.25) is 0 Å². The van der Waals surface area contributed by atoms with Gasteiger partial charge in [0, 0.05) is 24.7 Å². The third-order valence-electron chi connectivity index (χ3n) is 4.14. The average molecular weight is 476 g/mol. The molecular formula is C19H33IN4O2. The maximum Gasteiger partial charge on any atom is 0.193 e. The van der Waals surface area contributed by atoms with Crippen LogP contribution >= 0.6 is 24.0 Å². The van der Waals surface area contributed by atoms with Crippen molar-refractivity contribution in [3.05, 3.63) is 18.2 Å². The molecule has 0 atom stereocenters. The lowest BCUT2D eigenvalue weighted by Crippen LogP contribution is -2.35. The van der Waals surface area contributed by atoms with Crippen LogP contribution in [0.25, 0.3) is 0 Å². The predicted molar refractivity (Wildman–Crippen MR) is 119 cm³/mol. The molecule has 1 aliphatic rings. The van der Waals surface area contributed by atoms with E-state index in [9.17, 15) is 0 Å². The van der Waals surface area contributed by atoms with Crippen molar-refractivity contribution in [2.75, 3.05) is 31.6 Å². The lowest BCUT2D eigenvalue weighted by molar-refractivity contribution is 0.218. The van der Waals surface area contributed by atoms with Crippen molar-refractivity contribution in [3.8, 4) is 11.5 Å². The van der Waals surface area contributed by atoms with Crippen molar-refractivity contribution in [1.82, 2.24) is 4.90 Å². The third-order valence-corrected chi connectivity index (χ3v) is 4.14. The normalized spacial score (nSPS) is 14.3. The van der Waals surface area contributed by atoms with Crippen molar-refractivity contribution in [2.24, 2.45) is 10.7 Å². The van der Waals surface area contributed by atoms with E-state index in [0.29, 0.717) is 31.8 Å². The number of aliphatic imine (C=N–C) groups is 1. The van der Waals surface area contributed by atoms with Gasteiger partial charge in [-0.15, -0.1) is 24.0 Å². The number of nitrogens with zero attached hydrogens (tertiary/aromatic N) is 2. The van der Waals surface area contributed by atoms with Crippen molar-refractivity contribution < 1.29 is 9.47 Å². The summed E-state index contributed by atoms with van der Waals surface area (Å²) >= 11 is 0. The molecular weight excluding hydrogens is 443 g/mol. The summed E-state index contributed by atoms with van der Waals surface area (Å²) in [6, 6.07) is 6.95. The van der Waals surface area contributed by atoms with Gasteiger partial charge in [-0.2, -0.15) is 0 Å². The van der Waals surface area contributed by atoms with Crippen LogP contribution in [-0.2, 0) is 0 Å². The first-order chi connectivity index (χ1) is 12.0. The number of ether oxygens (including phenoxy) is 2. The number of benzene rings is 1. The third kappa shape index (κ3) is 7.19. The zero-order chi connectivity index (χ0) is 18.2. The minimum Gasteiger partial charge on any atom is -0.494 e. The Balaban J connectivity index is 0.00000338. The van der Waals surface area contributed by atoms with Gasteiger partial charge in [0.15, 0.2) is 5.96 Å². The second-order valence-corrected chi connectivity index (χ2v) is 6.48. The van der Waals surface area contributed by atoms with E-state index in [0.717, 1.165) is 29.8 Å². The Labute approximate surface area is 174 Å². The van der Waals surface area contributed by atoms with Gasteiger partial charge in [-0.05, 0) is 52.7 Å². The van der Waals surface area contributed by atoms with E-state index in [4.69, 9.17) is 15.2 Å². The van der Waals surface area contributed by atoms with Gasteiger partial charge in [-0.3, -0.25) is 9.89 Å². The molecule has 0 saturated heterocycles. The first-order valence-electron chi connectivity index (χ1n) is 9.27. The summed E-state index contributed by atoms with van der Waals surface area (Å²) in [4.78, 5) is 6.97. The minimum absolute atomic E-state index is 0. The highest BCUT2D eigenvalue weighted by Gasteiger charge is 2.29. The lowest BCUT2D eigenvalue weighted by atomic mass is 10.2. The number of nitrogens with one attached hydrogen (secondary N) is 1. The van der Waals surface area contributed by atoms with Gasteiger partial charge in [-0.25, -0.2) is 0 Å². The average Bonchev–Trinajstić information content (AvgIpc) is 3.39. The number of hydrogen-bond donors (Lipinski definition) is 2. The smallest absolute Gasteiger partial charge is 0.193 e. The van der Waals surface area contributed by atoms with E-state index in [1.165, 1.54) is 12.8 Å². The van der Waals surface area contributed by atoms with Crippen LogP contribution in [-0.4, -0.2) is 49.2 Å². The quantitative estimate of drug-likeness (QED) is 0.306. The van der Waals surface area contributed by atoms with Crippen molar-refractivity contribution in [2.45, 2.75) is 52.6 Å². The fourth-order valence-corrected chi connectivity index (χ4v) is 2.88. The molecule has 3 N–H and O–H groups in total. The summed E-state index contributed by atoms with van der Waals surface area (Å²) in [5.74, 6) is 1.92. The molecule has 0 amide bonds. The van der Waals surface area contributed by atoms with Gasteiger partial charge >= 0.3 is 0 Å². The predicted octanol–water partition coefficient (Wildman–Crippen LogP) is 3.70. The summed E-state index contributed by atoms with van der Waals surface area (Å²) in [7, 11) is 0. The zero-order valence-corrected chi connectivity index (χ0v) is 18.7. The monoisotopic (exact) mass is 476 g/mol. The number of guanidine groups is 1. The van der Waals surface area contributed by atoms with E-state index < -0.39 is 0 Å². The zero-order valence-electron chi connectivity index (χ0n) is 16.3. The van der Waals surface area contributed by atoms with Crippen LogP contribution in [0.2, 0.25) is 0 Å². The highest BCUT2D eigenvalue weighted by atomic mass is 127. The lowest BCUT2D eigenvalue weighted by Gasteiger charge is -2.25. The van der Waals surface area contributed by atoms with E-state index in [1.54, 1.807) is 0 Å². The van der Waals surface area contributed by atoms with Crippen LogP contribution in [0.1, 0.15) is 40.5 Å². The molecule has 1 aromatic rings. The van der Waals surface area contributed by atoms with E-state index in [1.807, 2.05) is 32.0 Å². The van der Waals surface area contributed by atoms with Crippen LogP contribution in [0.15, 0.2) is 23.2 Å². The van der Waals surface area contributed by atoms with Crippen LogP contribution < -0.4 is 20.5 Å². The number of rotatable bonds is 10. The van der Waals surface area contributed by atoms with E-state index >= 15 is 0 Å². The molecule has 6 nitrogen and oxygen atoms in total. The second-order valence-electron chi connectivity index (χ2n) is 6.48. The van der Waals surface area contributed by atoms with Crippen LogP contribution in [0, 0.1) is 0 Å². The maximum absolute atomic E-state index is 6.07. The van der Waals surface area contributed by atoms with Gasteiger partial charge in [0.1, 0.15) is 11.5 Å². The van der Waals surface area contributed by atoms with E-state index in [2.05, 4.69) is 29.1 Å². The molecule has 0 heterocycles. The minimum atomic E-state index is 0. The maximum atomic E-state index is 6.07. The van der Waals surface area contributed by atoms with Gasteiger partial charge in [-0.1, -0.05) is 0 Å². The fourth-order valence-electron chi connectivity index (χ4n) is 2.88. The molecule has 7 heteroatoms. The molecule has 2 rings (SSSR count). The highest BCUT2D eigenvalue weighted by molar-refractivity contribution is 14.0. The number of hydrogen-bond acceptors (Lipinski definition) is 4. The Hall–Kier alpha value is -1.22. The first-order valence-corrected chi connectivity index (χ1v) is 9.27. The Kier molecular flexibility index (Phi) is 10.1. The number of anilines is 1. The molecule has 148 valence electrons. The largest absolute Gasteiger partial charge is 0.494 e. The van der Waals surface area contributed by atoms with Crippen LogP contribution in [0.4, 0.5) is 5.69 Å². The molecule has 0 radical (unpaired) electrons. The standard InChI is InChI=1S/C19H32N4O2.HI/c1-5-24-16-9-10-18(25-6-2)17(13-16)22-19(20)21-11-12-23(14(3)4)15-7-8-15;/h9-10,13-15H,5-8,11-12H2,1-4H3,(H3,20,21,22);1H. The molecule has 0 unspecified atom stereocenters. The molecule has 0 spiro atoms. The Bertz CT molecular complexity index is 575. The Morgan fingerprint density at radius 1 is 1.27 bits per heavy atom. The fraction of sp³-hybridized carbons (Fsp3) is 0.632. The first kappa shape index (κ1) is 22.8. The molecule has 0 aliphatic heterocycles. The van der Waals surface area contributed by atoms with Gasteiger partial charge in [0.25, 0.3) is 0 Å². The molecule has 0 bridgehead atoms. The summed E-state index contributed by atoms with van der Waals surface area (Å²) in [5.41, 5.74) is 6.85. The van der Waals surface area contributed by atoms with Crippen molar-refractivity contribution in [1.29, 1.82) is 0 Å². The summed E-state index contributed by atoms with van der Waals surface area (Å²) in [6.07, 6.45) is 2.61. The molecule has 1 aromatic carbocycles. The van der Waals surface area contributed by atoms with Crippen molar-refractivity contribution >= 4 is 35.6 Å². The Morgan fingerprint density at radius 3 is 2.54 bits per heavy atom. The Morgan fingerprint density at radius 2 is 1.96 bits per heavy atom. The highest BCUT2D eigenvalue weighted by Crippen LogP contribution is 2.29. The number of nitrogens with two attached hydrogens (primary N) is 1. The molecule has 26 heavy (non-hydrogen) atoms. The summed E-state index contributed by atoms with van der Waals surface area (Å²) in [6.45, 7) is 11.2. The van der Waals surface area contributed by atoms with E-state index in [-0.39, 0.29) is 24.0 Å². The molecule has 1 fully saturated rings. The van der Waals surface area contributed by atoms with Gasteiger partial charge < -0.3 is 20.5 Å². The van der Waals surface area contributed by atoms with Crippen molar-refractivity contribution in [3.63, 3.8) is 0 Å². The SMILES string of the molecule is CCOc1ccc(OCC)c(NC(N)=NCCN(C(C)C)C2CC2)c1.I. The number of halogens is 1. The second kappa shape index (κ2) is 11.5. The molecule has 1 saturated carbocycles. The summed E-state index contributed by atoms with van der Waals surface area (Å²) in [5, 5.41) is 3.15. The van der Waals surface area contributed by atoms with Gasteiger partial charge in [0.05, 0.1) is 25.4 Å². The van der Waals surface area contributed by atoms with Crippen LogP contribution in [0.3, 0.4) is 0 Å².